The summed E-state index contributed by atoms with van der Waals surface area (Å²) in [6.45, 7) is 10.2. The first-order valence-electron chi connectivity index (χ1n) is 14.6. The Morgan fingerprint density at radius 3 is 1.86 bits per heavy atom. The third-order valence-electron chi connectivity index (χ3n) is 8.24. The van der Waals surface area contributed by atoms with Crippen LogP contribution in [0.3, 0.4) is 0 Å². The molecule has 2 heterocycles. The van der Waals surface area contributed by atoms with Gasteiger partial charge in [0.05, 0.1) is 35.7 Å². The van der Waals surface area contributed by atoms with Gasteiger partial charge in [0.1, 0.15) is 0 Å². The van der Waals surface area contributed by atoms with Crippen molar-refractivity contribution in [3.63, 3.8) is 0 Å². The van der Waals surface area contributed by atoms with Crippen LogP contribution in [0.5, 0.6) is 0 Å². The van der Waals surface area contributed by atoms with Crippen LogP contribution in [0, 0.1) is 16.7 Å². The summed E-state index contributed by atoms with van der Waals surface area (Å²) in [4.78, 5) is 23.2. The van der Waals surface area contributed by atoms with E-state index in [-0.39, 0.29) is 17.6 Å². The Balaban J connectivity index is 1.68. The number of aliphatic carboxylic acids is 2. The van der Waals surface area contributed by atoms with Crippen molar-refractivity contribution in [1.29, 1.82) is 0 Å². The summed E-state index contributed by atoms with van der Waals surface area (Å²) in [5.41, 5.74) is -0.413. The van der Waals surface area contributed by atoms with Crippen LogP contribution < -0.4 is 0 Å². The molecule has 2 saturated heterocycles. The highest BCUT2D eigenvalue weighted by Gasteiger charge is 2.34. The van der Waals surface area contributed by atoms with E-state index in [4.69, 9.17) is 9.47 Å². The van der Waals surface area contributed by atoms with Gasteiger partial charge in [-0.3, -0.25) is 9.59 Å². The van der Waals surface area contributed by atoms with Crippen LogP contribution in [0.4, 0.5) is 0 Å². The molecule has 0 aromatic carbocycles. The Hall–Kier alpha value is -1.14. The molecule has 2 aliphatic heterocycles. The quantitative estimate of drug-likeness (QED) is 0.220. The first-order valence-corrected chi connectivity index (χ1v) is 14.6. The van der Waals surface area contributed by atoms with Crippen molar-refractivity contribution in [2.24, 2.45) is 16.7 Å². The van der Waals surface area contributed by atoms with E-state index in [0.717, 1.165) is 83.5 Å². The Labute approximate surface area is 219 Å². The summed E-state index contributed by atoms with van der Waals surface area (Å²) >= 11 is 0. The zero-order chi connectivity index (χ0) is 26.8. The summed E-state index contributed by atoms with van der Waals surface area (Å²) in [6.07, 6.45) is 16.4. The van der Waals surface area contributed by atoms with E-state index in [9.17, 15) is 19.8 Å². The van der Waals surface area contributed by atoms with Crippen LogP contribution in [0.2, 0.25) is 0 Å². The lowest BCUT2D eigenvalue weighted by Crippen LogP contribution is -2.37. The average Bonchev–Trinajstić information content (AvgIpc) is 2.79. The molecule has 2 fully saturated rings. The van der Waals surface area contributed by atoms with Gasteiger partial charge in [0.15, 0.2) is 0 Å². The molecule has 0 aromatic rings. The van der Waals surface area contributed by atoms with Crippen LogP contribution in [-0.4, -0.2) is 46.6 Å². The van der Waals surface area contributed by atoms with E-state index in [2.05, 4.69) is 20.8 Å². The van der Waals surface area contributed by atoms with Crippen molar-refractivity contribution < 1.29 is 29.3 Å². The molecule has 2 N–H and O–H groups in total. The summed E-state index contributed by atoms with van der Waals surface area (Å²) in [7, 11) is 0. The van der Waals surface area contributed by atoms with Gasteiger partial charge in [-0.1, -0.05) is 40.0 Å². The third kappa shape index (κ3) is 11.5. The molecule has 6 nitrogen and oxygen atoms in total. The highest BCUT2D eigenvalue weighted by atomic mass is 16.5. The Bertz CT molecular complexity index is 667. The molecule has 6 heteroatoms. The Kier molecular flexibility index (Phi) is 12.7. The molecular formula is C30H54O6. The normalized spacial score (nSPS) is 26.5. The monoisotopic (exact) mass is 510 g/mol. The zero-order valence-electron chi connectivity index (χ0n) is 23.7. The number of unbranched alkanes of at least 4 members (excludes halogenated alkanes) is 1. The highest BCUT2D eigenvalue weighted by molar-refractivity contribution is 5.73. The van der Waals surface area contributed by atoms with Crippen molar-refractivity contribution in [2.75, 3.05) is 0 Å². The lowest BCUT2D eigenvalue weighted by molar-refractivity contribution is -0.154. The van der Waals surface area contributed by atoms with Crippen molar-refractivity contribution in [3.8, 4) is 0 Å². The molecule has 0 radical (unpaired) electrons. The summed E-state index contributed by atoms with van der Waals surface area (Å²) in [5, 5.41) is 19.1. The zero-order valence-corrected chi connectivity index (χ0v) is 23.7. The van der Waals surface area contributed by atoms with Gasteiger partial charge in [0.25, 0.3) is 0 Å². The molecule has 5 unspecified atom stereocenters. The van der Waals surface area contributed by atoms with Crippen molar-refractivity contribution in [2.45, 2.75) is 162 Å². The van der Waals surface area contributed by atoms with E-state index >= 15 is 0 Å². The molecule has 0 amide bonds. The molecule has 0 aliphatic carbocycles. The SMILES string of the molecule is CC(C)(C)CCCC(C(=O)O)C1CCCC(CCCC2CCCC(CCCCC(C)(C)C(=O)O)O2)O1. The molecule has 2 rings (SSSR count). The molecule has 210 valence electrons. The number of hydrogen-bond donors (Lipinski definition) is 2. The van der Waals surface area contributed by atoms with Crippen molar-refractivity contribution >= 4 is 11.9 Å². The number of carboxylic acid groups (broad SMARTS) is 2. The van der Waals surface area contributed by atoms with Crippen molar-refractivity contribution in [3.05, 3.63) is 0 Å². The predicted molar refractivity (Wildman–Crippen MR) is 143 cm³/mol. The van der Waals surface area contributed by atoms with Crippen molar-refractivity contribution in [1.82, 2.24) is 0 Å². The fourth-order valence-electron chi connectivity index (χ4n) is 5.78. The molecule has 0 saturated carbocycles. The lowest BCUT2D eigenvalue weighted by Gasteiger charge is -2.34. The molecule has 0 aromatic heterocycles. The largest absolute Gasteiger partial charge is 0.481 e. The number of ether oxygens (including phenoxy) is 2. The minimum atomic E-state index is -0.719. The van der Waals surface area contributed by atoms with Gasteiger partial charge in [-0.05, 0) is 103 Å². The first kappa shape index (κ1) is 31.1. The number of carbonyl (C=O) groups is 2. The van der Waals surface area contributed by atoms with E-state index in [1.165, 1.54) is 6.42 Å². The maximum atomic E-state index is 12.0. The summed E-state index contributed by atoms with van der Waals surface area (Å²) < 4.78 is 12.7. The van der Waals surface area contributed by atoms with E-state index < -0.39 is 23.3 Å². The van der Waals surface area contributed by atoms with Gasteiger partial charge in [0, 0.05) is 0 Å². The van der Waals surface area contributed by atoms with Crippen LogP contribution >= 0.6 is 0 Å². The van der Waals surface area contributed by atoms with E-state index in [1.54, 1.807) is 13.8 Å². The number of rotatable bonds is 15. The van der Waals surface area contributed by atoms with Crippen LogP contribution in [0.15, 0.2) is 0 Å². The van der Waals surface area contributed by atoms with Gasteiger partial charge in [0.2, 0.25) is 0 Å². The molecule has 36 heavy (non-hydrogen) atoms. The van der Waals surface area contributed by atoms with Gasteiger partial charge in [-0.25, -0.2) is 0 Å². The molecule has 0 bridgehead atoms. The predicted octanol–water partition coefficient (Wildman–Crippen LogP) is 7.62. The fourth-order valence-corrected chi connectivity index (χ4v) is 5.78. The fraction of sp³-hybridized carbons (Fsp3) is 0.933. The van der Waals surface area contributed by atoms with Gasteiger partial charge in [-0.2, -0.15) is 0 Å². The minimum absolute atomic E-state index is 0.150. The second kappa shape index (κ2) is 14.7. The summed E-state index contributed by atoms with van der Waals surface area (Å²) in [6, 6.07) is 0. The minimum Gasteiger partial charge on any atom is -0.481 e. The van der Waals surface area contributed by atoms with Gasteiger partial charge >= 0.3 is 11.9 Å². The Morgan fingerprint density at radius 1 is 0.750 bits per heavy atom. The van der Waals surface area contributed by atoms with E-state index in [0.29, 0.717) is 25.0 Å². The van der Waals surface area contributed by atoms with E-state index in [1.807, 2.05) is 0 Å². The van der Waals surface area contributed by atoms with Gasteiger partial charge in [-0.15, -0.1) is 0 Å². The summed E-state index contributed by atoms with van der Waals surface area (Å²) in [5.74, 6) is -1.81. The molecule has 0 spiro atoms. The smallest absolute Gasteiger partial charge is 0.309 e. The first-order chi connectivity index (χ1) is 16.9. The third-order valence-corrected chi connectivity index (χ3v) is 8.24. The second-order valence-electron chi connectivity index (χ2n) is 13.3. The van der Waals surface area contributed by atoms with Crippen LogP contribution in [0.25, 0.3) is 0 Å². The number of hydrogen-bond acceptors (Lipinski definition) is 4. The van der Waals surface area contributed by atoms with Gasteiger partial charge < -0.3 is 19.7 Å². The highest BCUT2D eigenvalue weighted by Crippen LogP contribution is 2.33. The average molecular weight is 511 g/mol. The molecule has 2 aliphatic rings. The van der Waals surface area contributed by atoms with Crippen LogP contribution in [-0.2, 0) is 19.1 Å². The molecular weight excluding hydrogens is 456 g/mol. The second-order valence-corrected chi connectivity index (χ2v) is 13.3. The maximum absolute atomic E-state index is 12.0. The number of carboxylic acids is 2. The maximum Gasteiger partial charge on any atom is 0.309 e. The van der Waals surface area contributed by atoms with Crippen LogP contribution in [0.1, 0.15) is 137 Å². The lowest BCUT2D eigenvalue weighted by atomic mass is 9.84. The Morgan fingerprint density at radius 2 is 1.31 bits per heavy atom. The molecule has 5 atom stereocenters. The topological polar surface area (TPSA) is 93.1 Å². The standard InChI is InChI=1S/C30H54O6/c1-29(2,3)20-11-18-25(27(31)32)26-19-10-17-24(36-26)16-9-15-23-14-8-13-22(35-23)12-6-7-21-30(4,5)28(33)34/h22-26H,6-21H2,1-5H3,(H,31,32)(H,33,34).